The Morgan fingerprint density at radius 2 is 1.85 bits per heavy atom. The largest absolute Gasteiger partial charge is 0.576 e. The maximum atomic E-state index is 12.6. The summed E-state index contributed by atoms with van der Waals surface area (Å²) in [4.78, 5) is 57.5. The lowest BCUT2D eigenvalue weighted by Crippen LogP contribution is -2.51. The number of rotatable bonds is 10. The van der Waals surface area contributed by atoms with Crippen molar-refractivity contribution in [1.82, 2.24) is 16.0 Å². The predicted octanol–water partition coefficient (Wildman–Crippen LogP) is 1.50. The summed E-state index contributed by atoms with van der Waals surface area (Å²) in [7, 11) is -3.91. The highest BCUT2D eigenvalue weighted by atomic mass is 32.2. The lowest BCUT2D eigenvalue weighted by molar-refractivity contribution is -0.145. The van der Waals surface area contributed by atoms with Gasteiger partial charge in [-0.3, -0.25) is 14.4 Å². The van der Waals surface area contributed by atoms with E-state index in [0.717, 1.165) is 11.8 Å². The van der Waals surface area contributed by atoms with Gasteiger partial charge < -0.3 is 20.7 Å². The third-order valence-corrected chi connectivity index (χ3v) is 6.23. The lowest BCUT2D eigenvalue weighted by atomic mass is 9.87. The smallest absolute Gasteiger partial charge is 0.418 e. The molecule has 0 aromatic rings. The molecule has 0 radical (unpaired) electrons. The summed E-state index contributed by atoms with van der Waals surface area (Å²) in [5.41, 5.74) is -1.31. The van der Waals surface area contributed by atoms with Crippen molar-refractivity contribution in [3.63, 3.8) is 0 Å². The minimum absolute atomic E-state index is 0.0258. The summed E-state index contributed by atoms with van der Waals surface area (Å²) in [6.07, 6.45) is -1.84. The molecule has 1 unspecified atom stereocenters. The monoisotopic (exact) mass is 512 g/mol. The fourth-order valence-corrected chi connectivity index (χ4v) is 4.47. The zero-order chi connectivity index (χ0) is 25.3. The van der Waals surface area contributed by atoms with E-state index in [2.05, 4.69) is 16.0 Å². The highest BCUT2D eigenvalue weighted by molar-refractivity contribution is 8.13. The first-order valence-corrected chi connectivity index (χ1v) is 12.8. The molecule has 1 fully saturated rings. The molecule has 14 heteroatoms. The second-order valence-corrected chi connectivity index (χ2v) is 11.9. The number of hydrogen-bond acceptors (Lipinski definition) is 10. The van der Waals surface area contributed by atoms with Crippen LogP contribution in [-0.4, -0.2) is 71.8 Å². The van der Waals surface area contributed by atoms with E-state index in [1.807, 2.05) is 0 Å². The van der Waals surface area contributed by atoms with Gasteiger partial charge in [-0.15, -0.1) is 9.05 Å². The van der Waals surface area contributed by atoms with Gasteiger partial charge in [-0.25, -0.2) is 4.79 Å². The van der Waals surface area contributed by atoms with Crippen LogP contribution in [0.5, 0.6) is 0 Å². The fourth-order valence-electron chi connectivity index (χ4n) is 2.45. The second-order valence-electron chi connectivity index (χ2n) is 9.00. The van der Waals surface area contributed by atoms with Crippen molar-refractivity contribution < 1.29 is 42.4 Å². The van der Waals surface area contributed by atoms with Crippen LogP contribution >= 0.6 is 19.9 Å². The molecule has 3 amide bonds. The Labute approximate surface area is 198 Å². The molecule has 1 heterocycles. The van der Waals surface area contributed by atoms with Crippen LogP contribution in [0.3, 0.4) is 0 Å². The van der Waals surface area contributed by atoms with E-state index < -0.39 is 44.0 Å². The summed E-state index contributed by atoms with van der Waals surface area (Å²) in [6.45, 7) is 9.91. The normalized spacial score (nSPS) is 22.2. The minimum atomic E-state index is -3.91. The molecule has 1 saturated heterocycles. The van der Waals surface area contributed by atoms with Crippen LogP contribution in [0.2, 0.25) is 0 Å². The molecule has 4 N–H and O–H groups in total. The Kier molecular flexibility index (Phi) is 11.5. The highest BCUT2D eigenvalue weighted by Crippen LogP contribution is 2.63. The van der Waals surface area contributed by atoms with E-state index in [0.29, 0.717) is 12.3 Å². The van der Waals surface area contributed by atoms with Gasteiger partial charge in [-0.05, 0) is 20.8 Å². The molecule has 190 valence electrons. The SMILES string of the molecule is CC(=O)SCCNC(=O)CCNC(=O)[C@@H]1O[P+](O)(OCOC(=O)NC(C)(C)C)OCC1(C)C. The van der Waals surface area contributed by atoms with Crippen LogP contribution in [0.15, 0.2) is 0 Å². The molecule has 2 atom stereocenters. The molecule has 1 aliphatic rings. The van der Waals surface area contributed by atoms with Gasteiger partial charge in [0.15, 0.2) is 11.2 Å². The van der Waals surface area contributed by atoms with Crippen LogP contribution in [-0.2, 0) is 32.7 Å². The second kappa shape index (κ2) is 12.8. The van der Waals surface area contributed by atoms with Gasteiger partial charge >= 0.3 is 14.3 Å². The first kappa shape index (κ1) is 29.5. The standard InChI is InChI=1S/C19H34N3O9PS/c1-13(23)33-10-9-20-14(24)7-8-21-16(25)15-19(5,6)11-29-32(27,31-15)30-12-28-17(26)22-18(2,3)4/h15,27H,7-12H2,1-6H3,(H2-,20,21,22,24,25,26)/p+1/t15-,32?/m0/s1. The van der Waals surface area contributed by atoms with Crippen LogP contribution in [0.25, 0.3) is 0 Å². The lowest BCUT2D eigenvalue weighted by Gasteiger charge is -2.36. The van der Waals surface area contributed by atoms with Crippen molar-refractivity contribution in [1.29, 1.82) is 0 Å². The van der Waals surface area contributed by atoms with E-state index >= 15 is 0 Å². The van der Waals surface area contributed by atoms with Gasteiger partial charge in [0, 0.05) is 43.1 Å². The summed E-state index contributed by atoms with van der Waals surface area (Å²) < 4.78 is 20.7. The van der Waals surface area contributed by atoms with Crippen LogP contribution < -0.4 is 16.0 Å². The van der Waals surface area contributed by atoms with E-state index in [4.69, 9.17) is 18.3 Å². The predicted molar refractivity (Wildman–Crippen MR) is 123 cm³/mol. The number of amides is 3. The maximum Gasteiger partial charge on any atom is 0.576 e. The Hall–Kier alpha value is -1.50. The molecule has 0 spiro atoms. The van der Waals surface area contributed by atoms with Gasteiger partial charge in [0.2, 0.25) is 12.7 Å². The van der Waals surface area contributed by atoms with Gasteiger partial charge in [-0.2, -0.15) is 9.42 Å². The number of carbonyl (C=O) groups excluding carboxylic acids is 4. The van der Waals surface area contributed by atoms with Crippen LogP contribution in [0.1, 0.15) is 48.0 Å². The zero-order valence-corrected chi connectivity index (χ0v) is 21.6. The van der Waals surface area contributed by atoms with E-state index in [1.165, 1.54) is 6.92 Å². The Morgan fingerprint density at radius 3 is 2.45 bits per heavy atom. The van der Waals surface area contributed by atoms with Gasteiger partial charge in [0.25, 0.3) is 5.91 Å². The van der Waals surface area contributed by atoms with Gasteiger partial charge in [0.05, 0.1) is 0 Å². The molecule has 12 nitrogen and oxygen atoms in total. The number of nitrogens with one attached hydrogen (secondary N) is 3. The summed E-state index contributed by atoms with van der Waals surface area (Å²) in [5.74, 6) is -0.345. The topological polar surface area (TPSA) is 162 Å². The van der Waals surface area contributed by atoms with Crippen LogP contribution in [0.4, 0.5) is 4.79 Å². The number of alkyl carbamates (subject to hydrolysis) is 1. The molecule has 0 aliphatic carbocycles. The Morgan fingerprint density at radius 1 is 1.18 bits per heavy atom. The minimum Gasteiger partial charge on any atom is -0.418 e. The quantitative estimate of drug-likeness (QED) is 0.192. The Bertz CT molecular complexity index is 717. The Balaban J connectivity index is 2.48. The third kappa shape index (κ3) is 12.0. The molecular weight excluding hydrogens is 477 g/mol. The summed E-state index contributed by atoms with van der Waals surface area (Å²) >= 11 is 1.11. The van der Waals surface area contributed by atoms with Crippen molar-refractivity contribution in [2.75, 3.05) is 32.2 Å². The van der Waals surface area contributed by atoms with E-state index in [-0.39, 0.29) is 30.6 Å². The fraction of sp³-hybridized carbons (Fsp3) is 0.789. The van der Waals surface area contributed by atoms with E-state index in [1.54, 1.807) is 34.6 Å². The molecule has 0 aromatic heterocycles. The third-order valence-electron chi connectivity index (χ3n) is 4.05. The average Bonchev–Trinajstić information content (AvgIpc) is 2.66. The summed E-state index contributed by atoms with van der Waals surface area (Å²) in [5, 5.41) is 7.78. The number of thioether (sulfide) groups is 1. The first-order chi connectivity index (χ1) is 15.1. The van der Waals surface area contributed by atoms with Crippen molar-refractivity contribution in [3.05, 3.63) is 0 Å². The average molecular weight is 513 g/mol. The van der Waals surface area contributed by atoms with Gasteiger partial charge in [0.1, 0.15) is 6.61 Å². The molecule has 0 aromatic carbocycles. The molecule has 1 aliphatic heterocycles. The van der Waals surface area contributed by atoms with Crippen LogP contribution in [0, 0.1) is 5.41 Å². The molecule has 0 saturated carbocycles. The number of ether oxygens (including phenoxy) is 1. The molecule has 33 heavy (non-hydrogen) atoms. The van der Waals surface area contributed by atoms with Gasteiger partial charge in [-0.1, -0.05) is 25.6 Å². The number of carbonyl (C=O) groups is 4. The first-order valence-electron chi connectivity index (χ1n) is 10.4. The maximum absolute atomic E-state index is 12.6. The molecule has 0 bridgehead atoms. The van der Waals surface area contributed by atoms with Crippen molar-refractivity contribution >= 4 is 43.0 Å². The van der Waals surface area contributed by atoms with Crippen molar-refractivity contribution in [3.8, 4) is 0 Å². The van der Waals surface area contributed by atoms with Crippen molar-refractivity contribution in [2.24, 2.45) is 5.41 Å². The van der Waals surface area contributed by atoms with E-state index in [9.17, 15) is 24.1 Å². The molecule has 1 rings (SSSR count). The number of hydrogen-bond donors (Lipinski definition) is 4. The molecular formula is C19H35N3O9PS+. The highest BCUT2D eigenvalue weighted by Gasteiger charge is 2.59. The summed E-state index contributed by atoms with van der Waals surface area (Å²) in [6, 6.07) is 0. The zero-order valence-electron chi connectivity index (χ0n) is 19.9. The van der Waals surface area contributed by atoms with Crippen molar-refractivity contribution in [2.45, 2.75) is 59.6 Å².